The molecule has 0 saturated heterocycles. The first-order valence-electron chi connectivity index (χ1n) is 6.84. The normalized spacial score (nSPS) is 22.4. The van der Waals surface area contributed by atoms with Crippen LogP contribution in [0.5, 0.6) is 5.75 Å². The highest BCUT2D eigenvalue weighted by atomic mass is 16.3. The van der Waals surface area contributed by atoms with Crippen LogP contribution in [-0.4, -0.2) is 29.5 Å². The fourth-order valence-electron chi connectivity index (χ4n) is 2.88. The summed E-state index contributed by atoms with van der Waals surface area (Å²) in [5, 5.41) is 9.24. The Hall–Kier alpha value is -1.55. The lowest BCUT2D eigenvalue weighted by atomic mass is 9.95. The van der Waals surface area contributed by atoms with E-state index in [0.29, 0.717) is 19.0 Å². The SMILES string of the molecule is CN(Cc1ccc(O)cc1)C(=O)C1CCCC1CN. The van der Waals surface area contributed by atoms with Crippen molar-refractivity contribution in [1.29, 1.82) is 0 Å². The minimum absolute atomic E-state index is 0.0899. The van der Waals surface area contributed by atoms with Crippen LogP contribution in [0.15, 0.2) is 24.3 Å². The lowest BCUT2D eigenvalue weighted by Crippen LogP contribution is -2.36. The lowest BCUT2D eigenvalue weighted by molar-refractivity contribution is -0.135. The Labute approximate surface area is 114 Å². The van der Waals surface area contributed by atoms with Crippen LogP contribution in [0.1, 0.15) is 24.8 Å². The number of amides is 1. The van der Waals surface area contributed by atoms with Gasteiger partial charge < -0.3 is 15.7 Å². The van der Waals surface area contributed by atoms with Gasteiger partial charge in [0.15, 0.2) is 0 Å². The predicted molar refractivity (Wildman–Crippen MR) is 74.5 cm³/mol. The monoisotopic (exact) mass is 262 g/mol. The Balaban J connectivity index is 1.97. The third kappa shape index (κ3) is 3.26. The standard InChI is InChI=1S/C15H22N2O2/c1-17(10-11-5-7-13(18)8-6-11)15(19)14-4-2-3-12(14)9-16/h5-8,12,14,18H,2-4,9-10,16H2,1H3. The number of carbonyl (C=O) groups excluding carboxylic acids is 1. The topological polar surface area (TPSA) is 66.6 Å². The summed E-state index contributed by atoms with van der Waals surface area (Å²) in [4.78, 5) is 14.2. The quantitative estimate of drug-likeness (QED) is 0.868. The van der Waals surface area contributed by atoms with Crippen molar-refractivity contribution in [2.24, 2.45) is 17.6 Å². The molecular weight excluding hydrogens is 240 g/mol. The first-order valence-corrected chi connectivity index (χ1v) is 6.84. The van der Waals surface area contributed by atoms with Crippen LogP contribution >= 0.6 is 0 Å². The Morgan fingerprint density at radius 2 is 2.05 bits per heavy atom. The van der Waals surface area contributed by atoms with Gasteiger partial charge in [-0.25, -0.2) is 0 Å². The van der Waals surface area contributed by atoms with Crippen molar-refractivity contribution in [2.75, 3.05) is 13.6 Å². The average Bonchev–Trinajstić information content (AvgIpc) is 2.88. The number of benzene rings is 1. The molecule has 4 heteroatoms. The number of phenols is 1. The summed E-state index contributed by atoms with van der Waals surface area (Å²) >= 11 is 0. The largest absolute Gasteiger partial charge is 0.508 e. The number of nitrogens with zero attached hydrogens (tertiary/aromatic N) is 1. The Morgan fingerprint density at radius 1 is 1.37 bits per heavy atom. The van der Waals surface area contributed by atoms with Gasteiger partial charge in [-0.1, -0.05) is 18.6 Å². The van der Waals surface area contributed by atoms with Crippen molar-refractivity contribution in [3.8, 4) is 5.75 Å². The molecule has 1 saturated carbocycles. The summed E-state index contributed by atoms with van der Waals surface area (Å²) in [5.74, 6) is 0.875. The Bertz CT molecular complexity index is 430. The molecule has 0 radical (unpaired) electrons. The van der Waals surface area contributed by atoms with Gasteiger partial charge in [0.1, 0.15) is 5.75 Å². The van der Waals surface area contributed by atoms with Crippen molar-refractivity contribution in [2.45, 2.75) is 25.8 Å². The molecule has 0 spiro atoms. The van der Waals surface area contributed by atoms with Crippen molar-refractivity contribution < 1.29 is 9.90 Å². The van der Waals surface area contributed by atoms with Crippen molar-refractivity contribution in [3.05, 3.63) is 29.8 Å². The van der Waals surface area contributed by atoms with Gasteiger partial charge in [0.2, 0.25) is 5.91 Å². The van der Waals surface area contributed by atoms with Gasteiger partial charge in [-0.15, -0.1) is 0 Å². The van der Waals surface area contributed by atoms with Gasteiger partial charge in [-0.2, -0.15) is 0 Å². The van der Waals surface area contributed by atoms with E-state index in [1.54, 1.807) is 17.0 Å². The second-order valence-electron chi connectivity index (χ2n) is 5.39. The highest BCUT2D eigenvalue weighted by molar-refractivity contribution is 5.79. The number of hydrogen-bond acceptors (Lipinski definition) is 3. The van der Waals surface area contributed by atoms with Gasteiger partial charge in [-0.05, 0) is 43.0 Å². The van der Waals surface area contributed by atoms with E-state index in [1.165, 1.54) is 0 Å². The molecule has 4 nitrogen and oxygen atoms in total. The molecule has 0 aromatic heterocycles. The second kappa shape index (κ2) is 6.06. The van der Waals surface area contributed by atoms with Crippen LogP contribution in [0.3, 0.4) is 0 Å². The van der Waals surface area contributed by atoms with E-state index in [4.69, 9.17) is 5.73 Å². The molecule has 1 aromatic carbocycles. The maximum Gasteiger partial charge on any atom is 0.226 e. The molecule has 1 aromatic rings. The van der Waals surface area contributed by atoms with Crippen molar-refractivity contribution in [1.82, 2.24) is 4.90 Å². The van der Waals surface area contributed by atoms with E-state index >= 15 is 0 Å². The third-order valence-corrected chi connectivity index (χ3v) is 4.01. The molecule has 3 N–H and O–H groups in total. The number of hydrogen-bond donors (Lipinski definition) is 2. The number of aromatic hydroxyl groups is 1. The third-order valence-electron chi connectivity index (χ3n) is 4.01. The molecule has 1 fully saturated rings. The highest BCUT2D eigenvalue weighted by Crippen LogP contribution is 2.32. The molecule has 0 bridgehead atoms. The molecule has 0 aliphatic heterocycles. The van der Waals surface area contributed by atoms with E-state index in [9.17, 15) is 9.90 Å². The highest BCUT2D eigenvalue weighted by Gasteiger charge is 2.33. The summed E-state index contributed by atoms with van der Waals surface area (Å²) in [6, 6.07) is 6.97. The zero-order valence-electron chi connectivity index (χ0n) is 11.4. The number of carbonyl (C=O) groups is 1. The summed E-state index contributed by atoms with van der Waals surface area (Å²) in [6.07, 6.45) is 3.13. The van der Waals surface area contributed by atoms with Crippen LogP contribution in [0.4, 0.5) is 0 Å². The average molecular weight is 262 g/mol. The van der Waals surface area contributed by atoms with E-state index in [2.05, 4.69) is 0 Å². The Morgan fingerprint density at radius 3 is 2.68 bits per heavy atom. The molecule has 0 heterocycles. The predicted octanol–water partition coefficient (Wildman–Crippen LogP) is 1.73. The van der Waals surface area contributed by atoms with Crippen LogP contribution < -0.4 is 5.73 Å². The molecule has 2 atom stereocenters. The molecule has 1 amide bonds. The molecule has 19 heavy (non-hydrogen) atoms. The summed E-state index contributed by atoms with van der Waals surface area (Å²) < 4.78 is 0. The fourth-order valence-corrected chi connectivity index (χ4v) is 2.88. The lowest BCUT2D eigenvalue weighted by Gasteiger charge is -2.24. The zero-order valence-corrected chi connectivity index (χ0v) is 11.4. The van der Waals surface area contributed by atoms with E-state index in [0.717, 1.165) is 24.8 Å². The van der Waals surface area contributed by atoms with E-state index < -0.39 is 0 Å². The number of rotatable bonds is 4. The number of nitrogens with two attached hydrogens (primary N) is 1. The van der Waals surface area contributed by atoms with E-state index in [-0.39, 0.29) is 17.6 Å². The van der Waals surface area contributed by atoms with Gasteiger partial charge in [0.05, 0.1) is 0 Å². The van der Waals surface area contributed by atoms with Crippen LogP contribution in [0.25, 0.3) is 0 Å². The van der Waals surface area contributed by atoms with Gasteiger partial charge in [-0.3, -0.25) is 4.79 Å². The van der Waals surface area contributed by atoms with Gasteiger partial charge in [0, 0.05) is 19.5 Å². The van der Waals surface area contributed by atoms with Crippen LogP contribution in [-0.2, 0) is 11.3 Å². The molecule has 2 rings (SSSR count). The molecular formula is C15H22N2O2. The molecule has 104 valence electrons. The molecule has 1 aliphatic rings. The maximum atomic E-state index is 12.4. The molecule has 1 aliphatic carbocycles. The first-order chi connectivity index (χ1) is 9.11. The van der Waals surface area contributed by atoms with Crippen molar-refractivity contribution >= 4 is 5.91 Å². The van der Waals surface area contributed by atoms with Crippen LogP contribution in [0, 0.1) is 11.8 Å². The first kappa shape index (κ1) is 13.9. The minimum Gasteiger partial charge on any atom is -0.508 e. The van der Waals surface area contributed by atoms with Gasteiger partial charge >= 0.3 is 0 Å². The minimum atomic E-state index is 0.0899. The number of phenolic OH excluding ortho intramolecular Hbond substituents is 1. The van der Waals surface area contributed by atoms with Gasteiger partial charge in [0.25, 0.3) is 0 Å². The summed E-state index contributed by atoms with van der Waals surface area (Å²) in [7, 11) is 1.83. The molecule has 2 unspecified atom stereocenters. The maximum absolute atomic E-state index is 12.4. The van der Waals surface area contributed by atoms with Crippen LogP contribution in [0.2, 0.25) is 0 Å². The summed E-state index contributed by atoms with van der Waals surface area (Å²) in [5.41, 5.74) is 6.76. The second-order valence-corrected chi connectivity index (χ2v) is 5.39. The van der Waals surface area contributed by atoms with E-state index in [1.807, 2.05) is 19.2 Å². The zero-order chi connectivity index (χ0) is 13.8. The fraction of sp³-hybridized carbons (Fsp3) is 0.533. The summed E-state index contributed by atoms with van der Waals surface area (Å²) in [6.45, 7) is 1.18. The smallest absolute Gasteiger partial charge is 0.226 e. The Kier molecular flexibility index (Phi) is 4.43. The van der Waals surface area contributed by atoms with Crippen molar-refractivity contribution in [3.63, 3.8) is 0 Å².